The first kappa shape index (κ1) is 17.4. The number of likely N-dealkylation sites (tertiary alicyclic amines) is 1. The van der Waals surface area contributed by atoms with E-state index in [0.29, 0.717) is 42.8 Å². The number of carbonyl (C=O) groups excluding carboxylic acids is 1. The average molecular weight is 335 g/mol. The largest absolute Gasteiger partial charge is 0.392 e. The zero-order chi connectivity index (χ0) is 17.5. The van der Waals surface area contributed by atoms with Gasteiger partial charge in [-0.05, 0) is 56.9 Å². The molecule has 1 aromatic carbocycles. The molecule has 2 fully saturated rings. The quantitative estimate of drug-likeness (QED) is 0.924. The number of nitrogens with zero attached hydrogens (tertiary/aromatic N) is 1. The molecule has 1 aliphatic heterocycles. The Morgan fingerprint density at radius 2 is 1.92 bits per heavy atom. The molecule has 1 amide bonds. The van der Waals surface area contributed by atoms with Crippen molar-refractivity contribution in [3.63, 3.8) is 0 Å². The molecular formula is C19H26FNO3. The zero-order valence-electron chi connectivity index (χ0n) is 14.6. The zero-order valence-corrected chi connectivity index (χ0v) is 14.6. The fourth-order valence-electron chi connectivity index (χ4n) is 4.19. The Labute approximate surface area is 142 Å². The number of benzene rings is 1. The summed E-state index contributed by atoms with van der Waals surface area (Å²) in [4.78, 5) is 14.5. The summed E-state index contributed by atoms with van der Waals surface area (Å²) in [5.41, 5.74) is 1.34. The number of halogens is 1. The van der Waals surface area contributed by atoms with Gasteiger partial charge in [0.25, 0.3) is 5.91 Å². The van der Waals surface area contributed by atoms with Gasteiger partial charge in [0.1, 0.15) is 5.82 Å². The number of aliphatic hydroxyl groups excluding tert-OH is 1. The summed E-state index contributed by atoms with van der Waals surface area (Å²) in [7, 11) is 0. The van der Waals surface area contributed by atoms with E-state index in [-0.39, 0.29) is 29.3 Å². The molecule has 2 aliphatic rings. The molecule has 1 aliphatic carbocycles. The molecule has 1 saturated carbocycles. The fraction of sp³-hybridized carbons (Fsp3) is 0.632. The van der Waals surface area contributed by atoms with Crippen LogP contribution in [-0.4, -0.2) is 47.8 Å². The van der Waals surface area contributed by atoms with Crippen LogP contribution < -0.4 is 0 Å². The van der Waals surface area contributed by atoms with Crippen LogP contribution in [0.25, 0.3) is 0 Å². The first-order valence-corrected chi connectivity index (χ1v) is 8.74. The molecule has 3 rings (SSSR count). The van der Waals surface area contributed by atoms with E-state index in [1.807, 2.05) is 11.8 Å². The number of hydrogen-bond acceptors (Lipinski definition) is 3. The van der Waals surface area contributed by atoms with Gasteiger partial charge in [-0.1, -0.05) is 0 Å². The Hall–Kier alpha value is -1.46. The molecule has 0 bridgehead atoms. The van der Waals surface area contributed by atoms with Crippen LogP contribution >= 0.6 is 0 Å². The molecule has 1 heterocycles. The van der Waals surface area contributed by atoms with E-state index >= 15 is 0 Å². The van der Waals surface area contributed by atoms with Crippen molar-refractivity contribution >= 4 is 5.91 Å². The van der Waals surface area contributed by atoms with E-state index in [0.717, 1.165) is 12.8 Å². The number of aliphatic hydroxyl groups is 1. The molecule has 2 unspecified atom stereocenters. The van der Waals surface area contributed by atoms with Crippen molar-refractivity contribution < 1.29 is 19.0 Å². The average Bonchev–Trinajstić information content (AvgIpc) is 2.58. The van der Waals surface area contributed by atoms with Gasteiger partial charge < -0.3 is 14.7 Å². The first-order chi connectivity index (χ1) is 11.4. The molecule has 1 aromatic rings. The molecule has 1 saturated heterocycles. The molecular weight excluding hydrogens is 309 g/mol. The van der Waals surface area contributed by atoms with E-state index < -0.39 is 0 Å². The van der Waals surface area contributed by atoms with Crippen LogP contribution in [0.3, 0.4) is 0 Å². The molecule has 1 spiro atoms. The smallest absolute Gasteiger partial charge is 0.253 e. The second kappa shape index (κ2) is 6.45. The van der Waals surface area contributed by atoms with Crippen LogP contribution in [0, 0.1) is 25.1 Å². The maximum atomic E-state index is 13.8. The third kappa shape index (κ3) is 2.74. The Morgan fingerprint density at radius 3 is 2.42 bits per heavy atom. The fourth-order valence-corrected chi connectivity index (χ4v) is 4.19. The standard InChI is InChI=1S/C19H26FNO3/c1-4-24-16-11-15(22)19(16)5-7-21(8-6-19)18(23)14-9-12(2)17(20)13(3)10-14/h9-10,15-16,22H,4-8,11H2,1-3H3. The molecule has 4 nitrogen and oxygen atoms in total. The van der Waals surface area contributed by atoms with Gasteiger partial charge in [-0.25, -0.2) is 4.39 Å². The summed E-state index contributed by atoms with van der Waals surface area (Å²) in [5, 5.41) is 10.2. The summed E-state index contributed by atoms with van der Waals surface area (Å²) < 4.78 is 19.5. The van der Waals surface area contributed by atoms with Crippen molar-refractivity contribution in [3.8, 4) is 0 Å². The van der Waals surface area contributed by atoms with Crippen LogP contribution in [-0.2, 0) is 4.74 Å². The highest BCUT2D eigenvalue weighted by Crippen LogP contribution is 2.51. The highest BCUT2D eigenvalue weighted by molar-refractivity contribution is 5.94. The third-order valence-corrected chi connectivity index (χ3v) is 5.78. The number of ether oxygens (including phenoxy) is 1. The lowest BCUT2D eigenvalue weighted by atomic mass is 9.58. The SMILES string of the molecule is CCOC1CC(O)C12CCN(C(=O)c1cc(C)c(F)c(C)c1)CC2. The number of amides is 1. The lowest BCUT2D eigenvalue weighted by Crippen LogP contribution is -2.62. The normalized spacial score (nSPS) is 25.6. The molecule has 1 N–H and O–H groups in total. The lowest BCUT2D eigenvalue weighted by Gasteiger charge is -2.56. The second-order valence-corrected chi connectivity index (χ2v) is 7.14. The molecule has 0 radical (unpaired) electrons. The van der Waals surface area contributed by atoms with Gasteiger partial charge in [0, 0.05) is 37.1 Å². The maximum absolute atomic E-state index is 13.8. The van der Waals surface area contributed by atoms with Crippen LogP contribution in [0.15, 0.2) is 12.1 Å². The van der Waals surface area contributed by atoms with E-state index in [1.54, 1.807) is 26.0 Å². The minimum atomic E-state index is -0.332. The summed E-state index contributed by atoms with van der Waals surface area (Å²) >= 11 is 0. The Morgan fingerprint density at radius 1 is 1.33 bits per heavy atom. The number of piperidine rings is 1. The summed E-state index contributed by atoms with van der Waals surface area (Å²) in [6.45, 7) is 7.19. The van der Waals surface area contributed by atoms with Crippen molar-refractivity contribution in [2.75, 3.05) is 19.7 Å². The molecule has 5 heteroatoms. The summed E-state index contributed by atoms with van der Waals surface area (Å²) in [5.74, 6) is -0.306. The third-order valence-electron chi connectivity index (χ3n) is 5.78. The van der Waals surface area contributed by atoms with Crippen molar-refractivity contribution in [1.29, 1.82) is 0 Å². The van der Waals surface area contributed by atoms with E-state index in [9.17, 15) is 14.3 Å². The Bertz CT molecular complexity index is 612. The van der Waals surface area contributed by atoms with Crippen LogP contribution in [0.4, 0.5) is 4.39 Å². The summed E-state index contributed by atoms with van der Waals surface area (Å²) in [6.07, 6.45) is 1.97. The van der Waals surface area contributed by atoms with Crippen LogP contribution in [0.5, 0.6) is 0 Å². The molecule has 24 heavy (non-hydrogen) atoms. The molecule has 2 atom stereocenters. The van der Waals surface area contributed by atoms with E-state index in [1.165, 1.54) is 0 Å². The maximum Gasteiger partial charge on any atom is 0.253 e. The van der Waals surface area contributed by atoms with Gasteiger partial charge in [-0.15, -0.1) is 0 Å². The van der Waals surface area contributed by atoms with Gasteiger partial charge >= 0.3 is 0 Å². The molecule has 0 aromatic heterocycles. The number of hydrogen-bond donors (Lipinski definition) is 1. The molecule has 132 valence electrons. The predicted molar refractivity (Wildman–Crippen MR) is 89.5 cm³/mol. The summed E-state index contributed by atoms with van der Waals surface area (Å²) in [6, 6.07) is 3.24. The van der Waals surface area contributed by atoms with Gasteiger partial charge in [0.05, 0.1) is 12.2 Å². The highest BCUT2D eigenvalue weighted by Gasteiger charge is 2.56. The second-order valence-electron chi connectivity index (χ2n) is 7.14. The van der Waals surface area contributed by atoms with Gasteiger partial charge in [-0.2, -0.15) is 0 Å². The van der Waals surface area contributed by atoms with Gasteiger partial charge in [0.2, 0.25) is 0 Å². The van der Waals surface area contributed by atoms with E-state index in [4.69, 9.17) is 4.74 Å². The monoisotopic (exact) mass is 335 g/mol. The van der Waals surface area contributed by atoms with Crippen molar-refractivity contribution in [2.45, 2.75) is 52.2 Å². The van der Waals surface area contributed by atoms with Crippen molar-refractivity contribution in [2.24, 2.45) is 5.41 Å². The van der Waals surface area contributed by atoms with Gasteiger partial charge in [0.15, 0.2) is 0 Å². The number of aryl methyl sites for hydroxylation is 2. The van der Waals surface area contributed by atoms with E-state index in [2.05, 4.69) is 0 Å². The first-order valence-electron chi connectivity index (χ1n) is 8.74. The minimum Gasteiger partial charge on any atom is -0.392 e. The topological polar surface area (TPSA) is 49.8 Å². The number of carbonyl (C=O) groups is 1. The highest BCUT2D eigenvalue weighted by atomic mass is 19.1. The minimum absolute atomic E-state index is 0.0576. The Balaban J connectivity index is 1.70. The van der Waals surface area contributed by atoms with Crippen LogP contribution in [0.2, 0.25) is 0 Å². The van der Waals surface area contributed by atoms with Crippen molar-refractivity contribution in [3.05, 3.63) is 34.6 Å². The van der Waals surface area contributed by atoms with Gasteiger partial charge in [-0.3, -0.25) is 4.79 Å². The Kier molecular flexibility index (Phi) is 4.67. The number of rotatable bonds is 3. The lowest BCUT2D eigenvalue weighted by molar-refractivity contribution is -0.207. The van der Waals surface area contributed by atoms with Crippen LogP contribution in [0.1, 0.15) is 47.7 Å². The predicted octanol–water partition coefficient (Wildman–Crippen LogP) is 2.83. The van der Waals surface area contributed by atoms with Crippen molar-refractivity contribution in [1.82, 2.24) is 4.90 Å².